The number of thiol groups is 1. The van der Waals surface area contributed by atoms with Gasteiger partial charge in [-0.05, 0) is 102 Å². The van der Waals surface area contributed by atoms with E-state index in [0.717, 1.165) is 90.4 Å². The highest BCUT2D eigenvalue weighted by Gasteiger charge is 2.67. The molecule has 5 saturated carbocycles. The minimum absolute atomic E-state index is 0.860. The van der Waals surface area contributed by atoms with Crippen LogP contribution in [0, 0.1) is 76.9 Å². The van der Waals surface area contributed by atoms with Crippen molar-refractivity contribution in [1.82, 2.24) is 0 Å². The quantitative estimate of drug-likeness (QED) is 0.414. The topological polar surface area (TPSA) is 0 Å². The average molecular weight is 365 g/mol. The molecule has 0 amide bonds. The maximum Gasteiger partial charge on any atom is -0.00895 e. The van der Waals surface area contributed by atoms with Crippen LogP contribution in [-0.4, -0.2) is 5.66 Å². The lowest BCUT2D eigenvalue weighted by Crippen LogP contribution is -2.29. The van der Waals surface area contributed by atoms with Gasteiger partial charge in [-0.2, -0.15) is 12.2 Å². The van der Waals surface area contributed by atoms with E-state index in [2.05, 4.69) is 34.6 Å². The number of hydrogen-bond acceptors (Lipinski definition) is 1. The van der Waals surface area contributed by atoms with Crippen LogP contribution >= 0.6 is 20.0 Å². The van der Waals surface area contributed by atoms with E-state index in [0.29, 0.717) is 0 Å². The molecule has 0 radical (unpaired) electrons. The van der Waals surface area contributed by atoms with Crippen LogP contribution in [0.5, 0.6) is 0 Å². The van der Waals surface area contributed by atoms with Crippen LogP contribution in [0.3, 0.4) is 0 Å². The van der Waals surface area contributed by atoms with Crippen LogP contribution in [0.4, 0.5) is 0 Å². The Hall–Kier alpha value is 0.780. The van der Waals surface area contributed by atoms with Crippen LogP contribution in [0.2, 0.25) is 0 Å². The first-order valence-corrected chi connectivity index (χ1v) is 13.2. The Balaban J connectivity index is 1.53. The minimum Gasteiger partial charge on any atom is -0.154 e. The monoisotopic (exact) mass is 364 g/mol. The summed E-state index contributed by atoms with van der Waals surface area (Å²) in [6.45, 7) is 13.1. The van der Waals surface area contributed by atoms with Gasteiger partial charge >= 0.3 is 0 Å². The molecule has 24 heavy (non-hydrogen) atoms. The highest BCUT2D eigenvalue weighted by Crippen LogP contribution is 2.72. The lowest BCUT2D eigenvalue weighted by Gasteiger charge is -2.34. The molecule has 0 bridgehead atoms. The van der Waals surface area contributed by atoms with Crippen LogP contribution in [0.1, 0.15) is 53.9 Å². The molecule has 5 fully saturated rings. The van der Waals surface area contributed by atoms with Crippen molar-refractivity contribution in [3.8, 4) is 0 Å². The number of rotatable bonds is 1. The van der Waals surface area contributed by atoms with Gasteiger partial charge < -0.3 is 0 Å². The van der Waals surface area contributed by atoms with Gasteiger partial charge in [0.1, 0.15) is 0 Å². The fourth-order valence-corrected chi connectivity index (χ4v) is 11.9. The Kier molecular flexibility index (Phi) is 3.97. The molecule has 0 aromatic heterocycles. The molecule has 0 N–H and O–H groups in total. The Morgan fingerprint density at radius 3 is 1.92 bits per heavy atom. The molecule has 0 nitrogen and oxygen atoms in total. The molecule has 0 heterocycles. The van der Waals surface area contributed by atoms with Crippen molar-refractivity contribution in [2.45, 2.75) is 59.5 Å². The van der Waals surface area contributed by atoms with Crippen molar-refractivity contribution in [2.24, 2.45) is 76.9 Å². The van der Waals surface area contributed by atoms with Crippen molar-refractivity contribution < 1.29 is 0 Å². The van der Waals surface area contributed by atoms with E-state index in [9.17, 15) is 0 Å². The third-order valence-corrected chi connectivity index (χ3v) is 12.5. The summed E-state index contributed by atoms with van der Waals surface area (Å²) in [6, 6.07) is 0. The third-order valence-electron chi connectivity index (χ3n) is 10.2. The van der Waals surface area contributed by atoms with Gasteiger partial charge in [0.05, 0.1) is 0 Å². The molecule has 15 unspecified atom stereocenters. The van der Waals surface area contributed by atoms with E-state index in [1.54, 1.807) is 19.3 Å². The van der Waals surface area contributed by atoms with Gasteiger partial charge in [0.15, 0.2) is 0 Å². The summed E-state index contributed by atoms with van der Waals surface area (Å²) < 4.78 is 0. The van der Waals surface area contributed by atoms with Crippen LogP contribution < -0.4 is 0 Å². The Morgan fingerprint density at radius 1 is 0.625 bits per heavy atom. The van der Waals surface area contributed by atoms with Gasteiger partial charge in [0, 0.05) is 0 Å². The first-order chi connectivity index (χ1) is 11.5. The SMILES string of the molecule is CC1CC2CC2CC2C1C(C)C1C(C)C3C(C)C(PS)C(C)C3C21. The predicted octanol–water partition coefficient (Wildman–Crippen LogP) is 6.23. The Bertz CT molecular complexity index is 520. The first kappa shape index (κ1) is 16.9. The molecular formula is C22H37PS. The Morgan fingerprint density at radius 2 is 1.21 bits per heavy atom. The van der Waals surface area contributed by atoms with Crippen molar-refractivity contribution >= 4 is 20.0 Å². The van der Waals surface area contributed by atoms with E-state index >= 15 is 0 Å². The molecule has 0 aliphatic heterocycles. The molecule has 0 aromatic rings. The predicted molar refractivity (Wildman–Crippen MR) is 109 cm³/mol. The van der Waals surface area contributed by atoms with Crippen molar-refractivity contribution in [1.29, 1.82) is 0 Å². The summed E-state index contributed by atoms with van der Waals surface area (Å²) in [5, 5.41) is 0. The van der Waals surface area contributed by atoms with Crippen LogP contribution in [-0.2, 0) is 0 Å². The highest BCUT2D eigenvalue weighted by molar-refractivity contribution is 8.38. The van der Waals surface area contributed by atoms with Gasteiger partial charge in [-0.25, -0.2) is 0 Å². The van der Waals surface area contributed by atoms with E-state index in [1.807, 2.05) is 0 Å². The van der Waals surface area contributed by atoms with Gasteiger partial charge in [0.2, 0.25) is 0 Å². The van der Waals surface area contributed by atoms with Crippen LogP contribution in [0.25, 0.3) is 0 Å². The zero-order valence-electron chi connectivity index (χ0n) is 16.2. The first-order valence-electron chi connectivity index (χ1n) is 10.8. The summed E-state index contributed by atoms with van der Waals surface area (Å²) in [5.41, 5.74) is 0.901. The van der Waals surface area contributed by atoms with Crippen LogP contribution in [0.15, 0.2) is 0 Å². The zero-order valence-corrected chi connectivity index (χ0v) is 18.0. The summed E-state index contributed by atoms with van der Waals surface area (Å²) in [6.07, 6.45) is 4.75. The second-order valence-electron chi connectivity index (χ2n) is 10.8. The highest BCUT2D eigenvalue weighted by atomic mass is 32.7. The van der Waals surface area contributed by atoms with E-state index < -0.39 is 0 Å². The molecule has 0 aromatic carbocycles. The van der Waals surface area contributed by atoms with Crippen molar-refractivity contribution in [2.75, 3.05) is 0 Å². The lowest BCUT2D eigenvalue weighted by molar-refractivity contribution is 0.135. The van der Waals surface area contributed by atoms with Gasteiger partial charge in [0.25, 0.3) is 0 Å². The molecule has 5 rings (SSSR count). The summed E-state index contributed by atoms with van der Waals surface area (Å²) in [4.78, 5) is 0. The zero-order chi connectivity index (χ0) is 16.9. The van der Waals surface area contributed by atoms with Crippen molar-refractivity contribution in [3.63, 3.8) is 0 Å². The normalized spacial score (nSPS) is 67.8. The van der Waals surface area contributed by atoms with E-state index in [-0.39, 0.29) is 0 Å². The molecule has 2 heteroatoms. The van der Waals surface area contributed by atoms with Crippen molar-refractivity contribution in [3.05, 3.63) is 0 Å². The molecule has 136 valence electrons. The fourth-order valence-electron chi connectivity index (χ4n) is 9.62. The lowest BCUT2D eigenvalue weighted by atomic mass is 9.71. The second kappa shape index (κ2) is 5.64. The minimum atomic E-state index is 0.860. The smallest absolute Gasteiger partial charge is 0.00895 e. The maximum atomic E-state index is 4.80. The Labute approximate surface area is 156 Å². The molecule has 0 saturated heterocycles. The average Bonchev–Trinajstić information content (AvgIpc) is 3.01. The maximum absolute atomic E-state index is 4.80. The largest absolute Gasteiger partial charge is 0.154 e. The standard InChI is InChI=1S/C22H37PS/c1-9-6-14-7-15(14)8-16-17(9)10(2)18-11(3)19-12(4)22(23-24)13(5)20(19)21(16)18/h9-24H,6-8H2,1-5H3. The number of fused-ring (bicyclic) bond motifs is 6. The molecule has 5 aliphatic carbocycles. The molecule has 0 spiro atoms. The van der Waals surface area contributed by atoms with E-state index in [1.165, 1.54) is 0 Å². The third kappa shape index (κ3) is 2.04. The fraction of sp³-hybridized carbons (Fsp3) is 1.00. The summed E-state index contributed by atoms with van der Waals surface area (Å²) in [7, 11) is 0.860. The number of hydrogen-bond donors (Lipinski definition) is 1. The summed E-state index contributed by atoms with van der Waals surface area (Å²) >= 11 is 4.80. The molecular weight excluding hydrogens is 327 g/mol. The van der Waals surface area contributed by atoms with Gasteiger partial charge in [-0.1, -0.05) is 42.4 Å². The second-order valence-corrected chi connectivity index (χ2v) is 12.5. The van der Waals surface area contributed by atoms with Gasteiger partial charge in [-0.3, -0.25) is 0 Å². The summed E-state index contributed by atoms with van der Waals surface area (Å²) in [5.74, 6) is 13.3. The molecule has 5 aliphatic rings. The van der Waals surface area contributed by atoms with E-state index in [4.69, 9.17) is 12.2 Å². The molecule has 15 atom stereocenters. The van der Waals surface area contributed by atoms with Gasteiger partial charge in [-0.15, -0.1) is 0 Å².